The van der Waals surface area contributed by atoms with Crippen LogP contribution in [0.3, 0.4) is 0 Å². The van der Waals surface area contributed by atoms with Crippen LogP contribution >= 0.6 is 0 Å². The number of methoxy groups -OCH3 is 2. The number of carbonyl (C=O) groups excluding carboxylic acids is 2. The molecule has 1 aromatic rings. The number of nitrogens with zero attached hydrogens (tertiary/aromatic N) is 2. The van der Waals surface area contributed by atoms with E-state index in [4.69, 9.17) is 9.47 Å². The van der Waals surface area contributed by atoms with Crippen molar-refractivity contribution in [2.75, 3.05) is 14.2 Å². The lowest BCUT2D eigenvalue weighted by Gasteiger charge is -2.32. The van der Waals surface area contributed by atoms with E-state index in [0.717, 1.165) is 0 Å². The normalized spacial score (nSPS) is 14.4. The first-order valence-electron chi connectivity index (χ1n) is 6.44. The second kappa shape index (κ2) is 8.28. The van der Waals surface area contributed by atoms with Gasteiger partial charge in [-0.05, 0) is 32.1 Å². The van der Waals surface area contributed by atoms with Crippen LogP contribution in [-0.4, -0.2) is 48.8 Å². The lowest BCUT2D eigenvalue weighted by molar-refractivity contribution is -0.159. The fraction of sp³-hybridized carbons (Fsp3) is 0.400. The van der Waals surface area contributed by atoms with Gasteiger partial charge in [-0.15, -0.1) is 0 Å². The molecule has 6 nitrogen and oxygen atoms in total. The molecule has 21 heavy (non-hydrogen) atoms. The van der Waals surface area contributed by atoms with Crippen LogP contribution in [0.5, 0.6) is 0 Å². The zero-order valence-electron chi connectivity index (χ0n) is 12.6. The van der Waals surface area contributed by atoms with Crippen LogP contribution in [0.1, 0.15) is 19.5 Å². The zero-order valence-corrected chi connectivity index (χ0v) is 12.6. The number of ether oxygens (including phenoxy) is 2. The van der Waals surface area contributed by atoms with E-state index >= 15 is 0 Å². The SMILES string of the molecule is COC(C)N(C(=O)/C([C]=O)=C/c1ccccn1)C(C)OC. The van der Waals surface area contributed by atoms with E-state index in [1.165, 1.54) is 25.2 Å². The number of hydrogen-bond acceptors (Lipinski definition) is 5. The summed E-state index contributed by atoms with van der Waals surface area (Å²) in [5.74, 6) is -0.528. The molecule has 0 bridgehead atoms. The average Bonchev–Trinajstić information content (AvgIpc) is 2.53. The molecule has 1 radical (unpaired) electrons. The number of pyridine rings is 1. The summed E-state index contributed by atoms with van der Waals surface area (Å²) in [5, 5.41) is 0. The predicted molar refractivity (Wildman–Crippen MR) is 77.7 cm³/mol. The third-order valence-corrected chi connectivity index (χ3v) is 3.02. The van der Waals surface area contributed by atoms with Crippen LogP contribution in [0.25, 0.3) is 6.08 Å². The summed E-state index contributed by atoms with van der Waals surface area (Å²) in [6, 6.07) is 5.20. The van der Waals surface area contributed by atoms with Gasteiger partial charge >= 0.3 is 0 Å². The summed E-state index contributed by atoms with van der Waals surface area (Å²) in [6.07, 6.45) is 3.52. The van der Waals surface area contributed by atoms with E-state index < -0.39 is 18.4 Å². The molecule has 0 saturated heterocycles. The summed E-state index contributed by atoms with van der Waals surface area (Å²) in [5.41, 5.74) is 0.362. The van der Waals surface area contributed by atoms with E-state index in [-0.39, 0.29) is 5.57 Å². The summed E-state index contributed by atoms with van der Waals surface area (Å²) >= 11 is 0. The van der Waals surface area contributed by atoms with Crippen molar-refractivity contribution in [2.24, 2.45) is 0 Å². The summed E-state index contributed by atoms with van der Waals surface area (Å²) in [6.45, 7) is 3.38. The van der Waals surface area contributed by atoms with Gasteiger partial charge in [0, 0.05) is 20.4 Å². The molecule has 1 rings (SSSR count). The van der Waals surface area contributed by atoms with Crippen LogP contribution in [-0.2, 0) is 19.1 Å². The number of amides is 1. The fourth-order valence-corrected chi connectivity index (χ4v) is 1.74. The lowest BCUT2D eigenvalue weighted by Crippen LogP contribution is -2.47. The van der Waals surface area contributed by atoms with Gasteiger partial charge < -0.3 is 9.47 Å². The average molecular weight is 291 g/mol. The first kappa shape index (κ1) is 17.0. The van der Waals surface area contributed by atoms with E-state index in [0.29, 0.717) is 5.69 Å². The fourth-order valence-electron chi connectivity index (χ4n) is 1.74. The molecular weight excluding hydrogens is 272 g/mol. The molecule has 0 aliphatic carbocycles. The highest BCUT2D eigenvalue weighted by Crippen LogP contribution is 2.13. The monoisotopic (exact) mass is 291 g/mol. The van der Waals surface area contributed by atoms with Crippen molar-refractivity contribution in [2.45, 2.75) is 26.3 Å². The van der Waals surface area contributed by atoms with Crippen LogP contribution in [0.15, 0.2) is 30.0 Å². The zero-order chi connectivity index (χ0) is 15.8. The number of hydrogen-bond donors (Lipinski definition) is 0. The first-order valence-corrected chi connectivity index (χ1v) is 6.44. The second-order valence-electron chi connectivity index (χ2n) is 4.30. The van der Waals surface area contributed by atoms with E-state index in [1.54, 1.807) is 44.5 Å². The van der Waals surface area contributed by atoms with Crippen LogP contribution < -0.4 is 0 Å². The largest absolute Gasteiger partial charge is 0.362 e. The van der Waals surface area contributed by atoms with Crippen LogP contribution in [0, 0.1) is 0 Å². The van der Waals surface area contributed by atoms with Crippen molar-refractivity contribution in [3.63, 3.8) is 0 Å². The molecule has 0 aliphatic heterocycles. The Morgan fingerprint density at radius 1 is 1.29 bits per heavy atom. The van der Waals surface area contributed by atoms with E-state index in [1.807, 2.05) is 0 Å². The lowest BCUT2D eigenvalue weighted by atomic mass is 10.2. The Labute approximate surface area is 124 Å². The maximum Gasteiger partial charge on any atom is 0.262 e. The molecular formula is C15H19N2O4. The molecule has 0 fully saturated rings. The standard InChI is InChI=1S/C15H19N2O4/c1-11(20-3)17(12(2)21-4)15(19)13(10-18)9-14-7-5-6-8-16-14/h5-9,11-12H,1-4H3/b13-9+. The molecule has 0 saturated carbocycles. The molecule has 6 heteroatoms. The number of aromatic nitrogens is 1. The molecule has 1 amide bonds. The van der Waals surface area contributed by atoms with Gasteiger partial charge in [0.2, 0.25) is 6.29 Å². The second-order valence-corrected chi connectivity index (χ2v) is 4.30. The molecule has 113 valence electrons. The van der Waals surface area contributed by atoms with Gasteiger partial charge in [0.25, 0.3) is 5.91 Å². The quantitative estimate of drug-likeness (QED) is 0.329. The highest BCUT2D eigenvalue weighted by atomic mass is 16.5. The topological polar surface area (TPSA) is 68.7 Å². The smallest absolute Gasteiger partial charge is 0.262 e. The molecule has 0 spiro atoms. The molecule has 2 unspecified atom stereocenters. The Kier molecular flexibility index (Phi) is 6.71. The Morgan fingerprint density at radius 2 is 1.90 bits per heavy atom. The molecule has 2 atom stereocenters. The van der Waals surface area contributed by atoms with Crippen molar-refractivity contribution in [3.8, 4) is 0 Å². The Bertz CT molecular complexity index is 492. The van der Waals surface area contributed by atoms with Crippen molar-refractivity contribution < 1.29 is 19.1 Å². The van der Waals surface area contributed by atoms with E-state index in [2.05, 4.69) is 4.98 Å². The van der Waals surface area contributed by atoms with Crippen molar-refractivity contribution >= 4 is 18.3 Å². The minimum absolute atomic E-state index is 0.137. The Morgan fingerprint density at radius 3 is 2.33 bits per heavy atom. The van der Waals surface area contributed by atoms with Gasteiger partial charge in [0.05, 0.1) is 11.3 Å². The maximum absolute atomic E-state index is 12.5. The summed E-state index contributed by atoms with van der Waals surface area (Å²) in [7, 11) is 2.94. The predicted octanol–water partition coefficient (Wildman–Crippen LogP) is 1.39. The van der Waals surface area contributed by atoms with E-state index in [9.17, 15) is 9.59 Å². The van der Waals surface area contributed by atoms with Gasteiger partial charge in [-0.25, -0.2) is 0 Å². The Balaban J connectivity index is 3.10. The van der Waals surface area contributed by atoms with Crippen molar-refractivity contribution in [1.82, 2.24) is 9.88 Å². The van der Waals surface area contributed by atoms with Gasteiger partial charge in [0.15, 0.2) is 0 Å². The molecule has 0 aliphatic rings. The summed E-state index contributed by atoms with van der Waals surface area (Å²) < 4.78 is 10.3. The van der Waals surface area contributed by atoms with Crippen molar-refractivity contribution in [1.29, 1.82) is 0 Å². The third-order valence-electron chi connectivity index (χ3n) is 3.02. The number of carbonyl (C=O) groups is 1. The molecule has 1 aromatic heterocycles. The summed E-state index contributed by atoms with van der Waals surface area (Å²) in [4.78, 5) is 29.0. The number of rotatable bonds is 7. The van der Waals surface area contributed by atoms with Crippen LogP contribution in [0.2, 0.25) is 0 Å². The Hall–Kier alpha value is -2.05. The molecule has 1 heterocycles. The van der Waals surface area contributed by atoms with Gasteiger partial charge in [0.1, 0.15) is 12.5 Å². The molecule has 0 N–H and O–H groups in total. The highest BCUT2D eigenvalue weighted by Gasteiger charge is 2.28. The highest BCUT2D eigenvalue weighted by molar-refractivity contribution is 6.14. The first-order chi connectivity index (χ1) is 10.0. The van der Waals surface area contributed by atoms with Gasteiger partial charge in [-0.3, -0.25) is 19.5 Å². The van der Waals surface area contributed by atoms with Crippen molar-refractivity contribution in [3.05, 3.63) is 35.7 Å². The molecule has 0 aromatic carbocycles. The van der Waals surface area contributed by atoms with Crippen LogP contribution in [0.4, 0.5) is 0 Å². The minimum Gasteiger partial charge on any atom is -0.362 e. The van der Waals surface area contributed by atoms with Gasteiger partial charge in [-0.1, -0.05) is 6.07 Å². The minimum atomic E-state index is -0.548. The van der Waals surface area contributed by atoms with Gasteiger partial charge in [-0.2, -0.15) is 0 Å². The maximum atomic E-state index is 12.5. The third kappa shape index (κ3) is 4.47.